The minimum atomic E-state index is -3.78. The van der Waals surface area contributed by atoms with E-state index < -0.39 is 10.0 Å². The van der Waals surface area contributed by atoms with Gasteiger partial charge in [-0.2, -0.15) is 4.31 Å². The third-order valence-electron chi connectivity index (χ3n) is 3.81. The summed E-state index contributed by atoms with van der Waals surface area (Å²) in [4.78, 5) is 12.3. The van der Waals surface area contributed by atoms with Crippen LogP contribution in [-0.4, -0.2) is 71.8 Å². The van der Waals surface area contributed by atoms with E-state index in [1.165, 1.54) is 29.6 Å². The molecule has 8 nitrogen and oxygen atoms in total. The summed E-state index contributed by atoms with van der Waals surface area (Å²) in [7, 11) is -0.834. The van der Waals surface area contributed by atoms with Crippen LogP contribution >= 0.6 is 0 Å². The van der Waals surface area contributed by atoms with Crippen molar-refractivity contribution in [3.05, 3.63) is 23.8 Å². The molecular formula is C16H24N2O6S. The van der Waals surface area contributed by atoms with Crippen LogP contribution in [0.2, 0.25) is 0 Å². The molecule has 1 heterocycles. The van der Waals surface area contributed by atoms with Gasteiger partial charge in [-0.15, -0.1) is 0 Å². The van der Waals surface area contributed by atoms with Gasteiger partial charge < -0.3 is 19.5 Å². The van der Waals surface area contributed by atoms with Crippen LogP contribution in [0, 0.1) is 0 Å². The molecule has 1 aliphatic heterocycles. The highest BCUT2D eigenvalue weighted by atomic mass is 32.2. The van der Waals surface area contributed by atoms with Gasteiger partial charge in [-0.05, 0) is 25.1 Å². The molecule has 1 atom stereocenters. The van der Waals surface area contributed by atoms with Gasteiger partial charge >= 0.3 is 0 Å². The molecule has 0 aliphatic carbocycles. The fourth-order valence-electron chi connectivity index (χ4n) is 2.54. The molecule has 1 fully saturated rings. The predicted octanol–water partition coefficient (Wildman–Crippen LogP) is 0.481. The van der Waals surface area contributed by atoms with E-state index in [9.17, 15) is 13.2 Å². The molecule has 25 heavy (non-hydrogen) atoms. The fourth-order valence-corrected chi connectivity index (χ4v) is 4.13. The third kappa shape index (κ3) is 4.69. The van der Waals surface area contributed by atoms with Crippen molar-refractivity contribution in [3.63, 3.8) is 0 Å². The Morgan fingerprint density at radius 1 is 1.32 bits per heavy atom. The van der Waals surface area contributed by atoms with E-state index in [0.717, 1.165) is 0 Å². The molecule has 1 aromatic rings. The summed E-state index contributed by atoms with van der Waals surface area (Å²) in [6.07, 6.45) is 0. The van der Waals surface area contributed by atoms with Gasteiger partial charge in [0.25, 0.3) is 5.91 Å². The lowest BCUT2D eigenvalue weighted by Gasteiger charge is -2.26. The molecule has 140 valence electrons. The first-order valence-electron chi connectivity index (χ1n) is 7.96. The second-order valence-electron chi connectivity index (χ2n) is 5.71. The number of nitrogens with one attached hydrogen (secondary N) is 1. The quantitative estimate of drug-likeness (QED) is 0.748. The molecule has 0 aromatic heterocycles. The Hall–Kier alpha value is -1.68. The molecule has 9 heteroatoms. The first kappa shape index (κ1) is 19.6. The second kappa shape index (κ2) is 8.61. The summed E-state index contributed by atoms with van der Waals surface area (Å²) in [6, 6.07) is 4.17. The van der Waals surface area contributed by atoms with Crippen LogP contribution in [0.15, 0.2) is 23.1 Å². The topological polar surface area (TPSA) is 94.2 Å². The van der Waals surface area contributed by atoms with Crippen LogP contribution in [0.25, 0.3) is 0 Å². The van der Waals surface area contributed by atoms with Gasteiger partial charge in [0.05, 0.1) is 26.9 Å². The Balaban J connectivity index is 2.32. The molecule has 2 rings (SSSR count). The fraction of sp³-hybridized carbons (Fsp3) is 0.562. The SMILES string of the molecule is COCC(C)NC(=O)c1ccc(OC)c(S(=O)(=O)N2CCOCC2)c1. The zero-order valence-electron chi connectivity index (χ0n) is 14.6. The zero-order chi connectivity index (χ0) is 18.4. The van der Waals surface area contributed by atoms with Crippen LogP contribution in [0.5, 0.6) is 5.75 Å². The lowest BCUT2D eigenvalue weighted by molar-refractivity contribution is 0.0729. The van der Waals surface area contributed by atoms with E-state index in [2.05, 4.69) is 5.32 Å². The van der Waals surface area contributed by atoms with Crippen LogP contribution in [0.3, 0.4) is 0 Å². The molecule has 0 radical (unpaired) electrons. The summed E-state index contributed by atoms with van der Waals surface area (Å²) in [5, 5.41) is 2.76. The van der Waals surface area contributed by atoms with E-state index in [1.807, 2.05) is 0 Å². The average Bonchev–Trinajstić information content (AvgIpc) is 2.62. The number of rotatable bonds is 7. The molecule has 0 saturated carbocycles. The highest BCUT2D eigenvalue weighted by Crippen LogP contribution is 2.28. The number of nitrogens with zero attached hydrogens (tertiary/aromatic N) is 1. The van der Waals surface area contributed by atoms with Crippen molar-refractivity contribution in [2.75, 3.05) is 47.1 Å². The number of morpholine rings is 1. The van der Waals surface area contributed by atoms with Crippen molar-refractivity contribution >= 4 is 15.9 Å². The molecule has 1 saturated heterocycles. The van der Waals surface area contributed by atoms with Gasteiger partial charge in [0.2, 0.25) is 10.0 Å². The summed E-state index contributed by atoms with van der Waals surface area (Å²) in [6.45, 7) is 3.39. The molecule has 1 unspecified atom stereocenters. The van der Waals surface area contributed by atoms with Gasteiger partial charge in [-0.3, -0.25) is 4.79 Å². The van der Waals surface area contributed by atoms with E-state index in [4.69, 9.17) is 14.2 Å². The minimum absolute atomic E-state index is 0.0241. The minimum Gasteiger partial charge on any atom is -0.495 e. The van der Waals surface area contributed by atoms with E-state index in [1.54, 1.807) is 14.0 Å². The lowest BCUT2D eigenvalue weighted by Crippen LogP contribution is -2.41. The van der Waals surface area contributed by atoms with Gasteiger partial charge in [0.15, 0.2) is 0 Å². The number of hydrogen-bond donors (Lipinski definition) is 1. The van der Waals surface area contributed by atoms with Gasteiger partial charge in [0, 0.05) is 31.8 Å². The summed E-state index contributed by atoms with van der Waals surface area (Å²) in [5.74, 6) is -0.168. The van der Waals surface area contributed by atoms with Crippen molar-refractivity contribution in [2.24, 2.45) is 0 Å². The zero-order valence-corrected chi connectivity index (χ0v) is 15.5. The van der Waals surface area contributed by atoms with E-state index in [-0.39, 0.29) is 41.2 Å². The number of carbonyl (C=O) groups excluding carboxylic acids is 1. The second-order valence-corrected chi connectivity index (χ2v) is 7.62. The van der Waals surface area contributed by atoms with Crippen molar-refractivity contribution in [3.8, 4) is 5.75 Å². The average molecular weight is 372 g/mol. The molecular weight excluding hydrogens is 348 g/mol. The first-order valence-corrected chi connectivity index (χ1v) is 9.40. The number of carbonyl (C=O) groups is 1. The Morgan fingerprint density at radius 2 is 2.00 bits per heavy atom. The van der Waals surface area contributed by atoms with Gasteiger partial charge in [0.1, 0.15) is 10.6 Å². The van der Waals surface area contributed by atoms with Crippen molar-refractivity contribution < 1.29 is 27.4 Å². The number of benzene rings is 1. The maximum absolute atomic E-state index is 12.9. The number of sulfonamides is 1. The van der Waals surface area contributed by atoms with Crippen LogP contribution in [-0.2, 0) is 19.5 Å². The first-order chi connectivity index (χ1) is 11.9. The molecule has 1 aliphatic rings. The third-order valence-corrected chi connectivity index (χ3v) is 5.73. The largest absolute Gasteiger partial charge is 0.495 e. The molecule has 1 amide bonds. The van der Waals surface area contributed by atoms with Crippen molar-refractivity contribution in [1.82, 2.24) is 9.62 Å². The Morgan fingerprint density at radius 3 is 2.60 bits per heavy atom. The highest BCUT2D eigenvalue weighted by Gasteiger charge is 2.30. The maximum atomic E-state index is 12.9. The van der Waals surface area contributed by atoms with Crippen molar-refractivity contribution in [2.45, 2.75) is 17.9 Å². The highest BCUT2D eigenvalue weighted by molar-refractivity contribution is 7.89. The number of amides is 1. The van der Waals surface area contributed by atoms with Crippen LogP contribution < -0.4 is 10.1 Å². The van der Waals surface area contributed by atoms with Crippen molar-refractivity contribution in [1.29, 1.82) is 0 Å². The number of ether oxygens (including phenoxy) is 3. The van der Waals surface area contributed by atoms with E-state index in [0.29, 0.717) is 19.8 Å². The number of methoxy groups -OCH3 is 2. The van der Waals surface area contributed by atoms with Gasteiger partial charge in [-0.1, -0.05) is 0 Å². The Labute approximate surface area is 148 Å². The van der Waals surface area contributed by atoms with Gasteiger partial charge in [-0.25, -0.2) is 8.42 Å². The van der Waals surface area contributed by atoms with E-state index >= 15 is 0 Å². The number of hydrogen-bond acceptors (Lipinski definition) is 6. The Kier molecular flexibility index (Phi) is 6.77. The summed E-state index contributed by atoms with van der Waals surface area (Å²) < 4.78 is 42.5. The monoisotopic (exact) mass is 372 g/mol. The van der Waals surface area contributed by atoms with Crippen LogP contribution in [0.4, 0.5) is 0 Å². The summed E-state index contributed by atoms with van der Waals surface area (Å²) >= 11 is 0. The normalized spacial score (nSPS) is 17.1. The Bertz CT molecular complexity index is 701. The predicted molar refractivity (Wildman–Crippen MR) is 91.4 cm³/mol. The molecule has 1 aromatic carbocycles. The molecule has 1 N–H and O–H groups in total. The lowest BCUT2D eigenvalue weighted by atomic mass is 10.2. The maximum Gasteiger partial charge on any atom is 0.251 e. The summed E-state index contributed by atoms with van der Waals surface area (Å²) in [5.41, 5.74) is 0.246. The molecule has 0 bridgehead atoms. The molecule has 0 spiro atoms. The standard InChI is InChI=1S/C16H24N2O6S/c1-12(11-22-2)17-16(19)13-4-5-14(23-3)15(10-13)25(20,21)18-6-8-24-9-7-18/h4-5,10,12H,6-9,11H2,1-3H3,(H,17,19). The smallest absolute Gasteiger partial charge is 0.251 e. The van der Waals surface area contributed by atoms with Crippen LogP contribution in [0.1, 0.15) is 17.3 Å².